The van der Waals surface area contributed by atoms with Crippen LogP contribution >= 0.6 is 11.6 Å². The fraction of sp³-hybridized carbons (Fsp3) is 0.440. The molecular weight excluding hydrogens is 488 g/mol. The third-order valence-electron chi connectivity index (χ3n) is 5.67. The van der Waals surface area contributed by atoms with E-state index in [2.05, 4.69) is 5.32 Å². The lowest BCUT2D eigenvalue weighted by molar-refractivity contribution is -0.139. The smallest absolute Gasteiger partial charge is 0.304 e. The van der Waals surface area contributed by atoms with Crippen molar-refractivity contribution in [3.05, 3.63) is 64.2 Å². The van der Waals surface area contributed by atoms with Crippen LogP contribution in [0.5, 0.6) is 0 Å². The summed E-state index contributed by atoms with van der Waals surface area (Å²) in [5.41, 5.74) is 2.64. The first kappa shape index (κ1) is 28.6. The van der Waals surface area contributed by atoms with Crippen LogP contribution in [0.2, 0.25) is 5.02 Å². The SMILES string of the molecule is CCCNC(=O)[C@@H](C)N(Cc1ccccc1Cl)C(=O)CN(c1cc(C)ccc1C)S(=O)(=O)N(C)C. The average Bonchev–Trinajstić information content (AvgIpc) is 2.81. The Labute approximate surface area is 214 Å². The molecule has 0 saturated heterocycles. The number of benzene rings is 2. The monoisotopic (exact) mass is 522 g/mol. The Bertz CT molecular complexity index is 1150. The summed E-state index contributed by atoms with van der Waals surface area (Å²) in [5, 5.41) is 3.27. The van der Waals surface area contributed by atoms with Crippen molar-refractivity contribution in [1.29, 1.82) is 0 Å². The zero-order valence-electron chi connectivity index (χ0n) is 21.2. The van der Waals surface area contributed by atoms with E-state index in [9.17, 15) is 18.0 Å². The van der Waals surface area contributed by atoms with Crippen LogP contribution < -0.4 is 9.62 Å². The third-order valence-corrected chi connectivity index (χ3v) is 7.84. The van der Waals surface area contributed by atoms with E-state index in [0.29, 0.717) is 28.4 Å². The molecule has 0 aliphatic carbocycles. The molecule has 0 saturated carbocycles. The minimum absolute atomic E-state index is 0.0574. The van der Waals surface area contributed by atoms with Gasteiger partial charge in [-0.1, -0.05) is 48.9 Å². The molecule has 0 aliphatic heterocycles. The maximum absolute atomic E-state index is 13.7. The lowest BCUT2D eigenvalue weighted by Crippen LogP contribution is -2.52. The highest BCUT2D eigenvalue weighted by atomic mass is 35.5. The summed E-state index contributed by atoms with van der Waals surface area (Å²) in [7, 11) is -1.17. The van der Waals surface area contributed by atoms with Crippen molar-refractivity contribution in [2.45, 2.75) is 46.7 Å². The van der Waals surface area contributed by atoms with E-state index >= 15 is 0 Å². The number of hydrogen-bond donors (Lipinski definition) is 1. The first-order chi connectivity index (χ1) is 16.4. The molecule has 2 rings (SSSR count). The topological polar surface area (TPSA) is 90.0 Å². The van der Waals surface area contributed by atoms with Crippen LogP contribution in [0.3, 0.4) is 0 Å². The summed E-state index contributed by atoms with van der Waals surface area (Å²) in [6.07, 6.45) is 0.748. The van der Waals surface area contributed by atoms with Gasteiger partial charge in [0.2, 0.25) is 11.8 Å². The largest absolute Gasteiger partial charge is 0.354 e. The highest BCUT2D eigenvalue weighted by molar-refractivity contribution is 7.90. The van der Waals surface area contributed by atoms with Gasteiger partial charge in [0.1, 0.15) is 12.6 Å². The predicted molar refractivity (Wildman–Crippen MR) is 141 cm³/mol. The Kier molecular flexibility index (Phi) is 10.1. The zero-order chi connectivity index (χ0) is 26.3. The number of nitrogens with zero attached hydrogens (tertiary/aromatic N) is 3. The molecule has 0 spiro atoms. The molecular formula is C25H35ClN4O4S. The molecule has 192 valence electrons. The van der Waals surface area contributed by atoms with Crippen LogP contribution in [-0.2, 0) is 26.3 Å². The Morgan fingerprint density at radius 3 is 2.34 bits per heavy atom. The van der Waals surface area contributed by atoms with E-state index in [0.717, 1.165) is 20.6 Å². The average molecular weight is 523 g/mol. The van der Waals surface area contributed by atoms with Crippen molar-refractivity contribution in [3.8, 4) is 0 Å². The number of halogens is 1. The molecule has 0 aliphatic rings. The number of amides is 2. The summed E-state index contributed by atoms with van der Waals surface area (Å²) in [6.45, 7) is 7.27. The van der Waals surface area contributed by atoms with Gasteiger partial charge in [0.15, 0.2) is 0 Å². The van der Waals surface area contributed by atoms with E-state index in [1.165, 1.54) is 19.0 Å². The molecule has 0 aromatic heterocycles. The van der Waals surface area contributed by atoms with Crippen molar-refractivity contribution in [1.82, 2.24) is 14.5 Å². The molecule has 0 fully saturated rings. The molecule has 0 heterocycles. The van der Waals surface area contributed by atoms with Gasteiger partial charge >= 0.3 is 10.2 Å². The van der Waals surface area contributed by atoms with Gasteiger partial charge < -0.3 is 10.2 Å². The predicted octanol–water partition coefficient (Wildman–Crippen LogP) is 3.51. The van der Waals surface area contributed by atoms with E-state index in [4.69, 9.17) is 11.6 Å². The standard InChI is InChI=1S/C25H35ClN4O4S/c1-7-14-27-25(32)20(4)29(16-21-10-8-9-11-22(21)26)24(31)17-30(35(33,34)28(5)6)23-15-18(2)12-13-19(23)3/h8-13,15,20H,7,14,16-17H2,1-6H3,(H,27,32)/t20-/m1/s1. The van der Waals surface area contributed by atoms with Gasteiger partial charge in [-0.25, -0.2) is 4.31 Å². The van der Waals surface area contributed by atoms with Crippen LogP contribution in [-0.4, -0.2) is 62.7 Å². The van der Waals surface area contributed by atoms with Gasteiger partial charge in [0.05, 0.1) is 5.69 Å². The number of carbonyl (C=O) groups excluding carboxylic acids is 2. The lowest BCUT2D eigenvalue weighted by atomic mass is 10.1. The fourth-order valence-electron chi connectivity index (χ4n) is 3.48. The van der Waals surface area contributed by atoms with Crippen LogP contribution in [0.15, 0.2) is 42.5 Å². The second-order valence-corrected chi connectivity index (χ2v) is 11.1. The van der Waals surface area contributed by atoms with E-state index in [1.807, 2.05) is 26.0 Å². The fourth-order valence-corrected chi connectivity index (χ4v) is 4.79. The maximum Gasteiger partial charge on any atom is 0.304 e. The molecule has 1 N–H and O–H groups in total. The molecule has 2 amide bonds. The van der Waals surface area contributed by atoms with E-state index < -0.39 is 28.7 Å². The first-order valence-electron chi connectivity index (χ1n) is 11.5. The molecule has 0 radical (unpaired) electrons. The molecule has 10 heteroatoms. The summed E-state index contributed by atoms with van der Waals surface area (Å²) in [4.78, 5) is 27.9. The third kappa shape index (κ3) is 7.19. The Balaban J connectivity index is 2.51. The normalized spacial score (nSPS) is 12.3. The van der Waals surface area contributed by atoms with Gasteiger partial charge in [-0.2, -0.15) is 12.7 Å². The minimum Gasteiger partial charge on any atom is -0.354 e. The summed E-state index contributed by atoms with van der Waals surface area (Å²) >= 11 is 6.34. The van der Waals surface area contributed by atoms with Crippen molar-refractivity contribution in [2.75, 3.05) is 31.5 Å². The van der Waals surface area contributed by atoms with E-state index in [1.54, 1.807) is 44.2 Å². The van der Waals surface area contributed by atoms with Crippen LogP contribution in [0, 0.1) is 13.8 Å². The summed E-state index contributed by atoms with van der Waals surface area (Å²) in [5.74, 6) is -0.837. The van der Waals surface area contributed by atoms with Gasteiger partial charge in [0, 0.05) is 32.2 Å². The number of rotatable bonds is 11. The van der Waals surface area contributed by atoms with Crippen molar-refractivity contribution < 1.29 is 18.0 Å². The Hall–Kier alpha value is -2.62. The molecule has 0 unspecified atom stereocenters. The number of nitrogens with one attached hydrogen (secondary N) is 1. The number of carbonyl (C=O) groups is 2. The number of hydrogen-bond acceptors (Lipinski definition) is 4. The highest BCUT2D eigenvalue weighted by Crippen LogP contribution is 2.26. The zero-order valence-corrected chi connectivity index (χ0v) is 22.8. The molecule has 2 aromatic carbocycles. The number of aryl methyl sites for hydroxylation is 2. The van der Waals surface area contributed by atoms with Crippen molar-refractivity contribution in [3.63, 3.8) is 0 Å². The molecule has 0 bridgehead atoms. The molecule has 2 aromatic rings. The molecule has 1 atom stereocenters. The van der Waals surface area contributed by atoms with Crippen molar-refractivity contribution >= 4 is 39.3 Å². The van der Waals surface area contributed by atoms with Crippen LogP contribution in [0.4, 0.5) is 5.69 Å². The van der Waals surface area contributed by atoms with Crippen molar-refractivity contribution in [2.24, 2.45) is 0 Å². The van der Waals surface area contributed by atoms with E-state index in [-0.39, 0.29) is 12.5 Å². The van der Waals surface area contributed by atoms with Crippen LogP contribution in [0.1, 0.15) is 37.0 Å². The second-order valence-electron chi connectivity index (χ2n) is 8.67. The summed E-state index contributed by atoms with van der Waals surface area (Å²) in [6, 6.07) is 11.7. The summed E-state index contributed by atoms with van der Waals surface area (Å²) < 4.78 is 28.7. The molecule has 8 nitrogen and oxygen atoms in total. The Morgan fingerprint density at radius 1 is 1.09 bits per heavy atom. The number of anilines is 1. The van der Waals surface area contributed by atoms with Gasteiger partial charge in [0.25, 0.3) is 0 Å². The minimum atomic E-state index is -4.01. The lowest BCUT2D eigenvalue weighted by Gasteiger charge is -2.33. The van der Waals surface area contributed by atoms with Gasteiger partial charge in [-0.05, 0) is 56.0 Å². The Morgan fingerprint density at radius 2 is 1.74 bits per heavy atom. The maximum atomic E-state index is 13.7. The quantitative estimate of drug-likeness (QED) is 0.489. The van der Waals surface area contributed by atoms with Gasteiger partial charge in [-0.3, -0.25) is 9.59 Å². The molecule has 35 heavy (non-hydrogen) atoms. The highest BCUT2D eigenvalue weighted by Gasteiger charge is 2.33. The first-order valence-corrected chi connectivity index (χ1v) is 13.3. The van der Waals surface area contributed by atoms with Crippen LogP contribution in [0.25, 0.3) is 0 Å². The van der Waals surface area contributed by atoms with Gasteiger partial charge in [-0.15, -0.1) is 0 Å². The second kappa shape index (κ2) is 12.4.